The molecular formula is C11H19NO4. The lowest BCUT2D eigenvalue weighted by atomic mass is 9.86. The summed E-state index contributed by atoms with van der Waals surface area (Å²) in [6, 6.07) is 0. The fourth-order valence-corrected chi connectivity index (χ4v) is 1.92. The largest absolute Gasteiger partial charge is 0.481 e. The molecule has 1 fully saturated rings. The van der Waals surface area contributed by atoms with Gasteiger partial charge < -0.3 is 15.5 Å². The van der Waals surface area contributed by atoms with Crippen molar-refractivity contribution in [1.29, 1.82) is 0 Å². The lowest BCUT2D eigenvalue weighted by molar-refractivity contribution is -0.146. The number of amides is 1. The first-order chi connectivity index (χ1) is 7.52. The molecule has 3 N–H and O–H groups in total. The van der Waals surface area contributed by atoms with Crippen molar-refractivity contribution < 1.29 is 19.8 Å². The fraction of sp³-hybridized carbons (Fsp3) is 0.818. The second kappa shape index (κ2) is 5.84. The molecule has 5 nitrogen and oxygen atoms in total. The zero-order chi connectivity index (χ0) is 12.1. The average molecular weight is 229 g/mol. The molecule has 0 aromatic heterocycles. The van der Waals surface area contributed by atoms with Crippen molar-refractivity contribution in [3.05, 3.63) is 0 Å². The third-order valence-electron chi connectivity index (χ3n) is 3.17. The number of carboxylic acid groups (broad SMARTS) is 1. The van der Waals surface area contributed by atoms with E-state index in [2.05, 4.69) is 5.32 Å². The number of aliphatic hydroxyl groups excluding tert-OH is 1. The number of hydrogen-bond acceptors (Lipinski definition) is 3. The number of hydrogen-bond donors (Lipinski definition) is 3. The van der Waals surface area contributed by atoms with Crippen LogP contribution >= 0.6 is 0 Å². The predicted octanol–water partition coefficient (Wildman–Crippen LogP) is 0.374. The SMILES string of the molecule is CC(C(=O)O)C(=O)NCC1CCCCC1O. The highest BCUT2D eigenvalue weighted by molar-refractivity contribution is 5.96. The molecule has 0 bridgehead atoms. The van der Waals surface area contributed by atoms with E-state index in [1.54, 1.807) is 0 Å². The van der Waals surface area contributed by atoms with Gasteiger partial charge in [0.15, 0.2) is 0 Å². The van der Waals surface area contributed by atoms with E-state index < -0.39 is 17.8 Å². The smallest absolute Gasteiger partial charge is 0.315 e. The molecule has 1 rings (SSSR count). The van der Waals surface area contributed by atoms with Gasteiger partial charge in [0.05, 0.1) is 6.10 Å². The van der Waals surface area contributed by atoms with E-state index in [9.17, 15) is 14.7 Å². The molecule has 92 valence electrons. The van der Waals surface area contributed by atoms with Gasteiger partial charge in [0.1, 0.15) is 5.92 Å². The number of carbonyl (C=O) groups is 2. The van der Waals surface area contributed by atoms with Gasteiger partial charge in [-0.3, -0.25) is 9.59 Å². The lowest BCUT2D eigenvalue weighted by Crippen LogP contribution is -2.40. The molecule has 0 radical (unpaired) electrons. The molecule has 0 aromatic carbocycles. The normalized spacial score (nSPS) is 27.1. The van der Waals surface area contributed by atoms with Crippen LogP contribution in [0.5, 0.6) is 0 Å². The molecule has 1 amide bonds. The van der Waals surface area contributed by atoms with Gasteiger partial charge >= 0.3 is 5.97 Å². The zero-order valence-electron chi connectivity index (χ0n) is 9.48. The van der Waals surface area contributed by atoms with Crippen LogP contribution in [0.3, 0.4) is 0 Å². The summed E-state index contributed by atoms with van der Waals surface area (Å²) in [7, 11) is 0. The number of carboxylic acids is 1. The van der Waals surface area contributed by atoms with Gasteiger partial charge in [0.2, 0.25) is 5.91 Å². The minimum Gasteiger partial charge on any atom is -0.481 e. The Hall–Kier alpha value is -1.10. The van der Waals surface area contributed by atoms with Gasteiger partial charge in [-0.2, -0.15) is 0 Å². The monoisotopic (exact) mass is 229 g/mol. The molecule has 0 saturated heterocycles. The van der Waals surface area contributed by atoms with Gasteiger partial charge in [-0.05, 0) is 19.8 Å². The summed E-state index contributed by atoms with van der Waals surface area (Å²) in [6.07, 6.45) is 3.38. The molecular weight excluding hydrogens is 210 g/mol. The molecule has 0 aromatic rings. The summed E-state index contributed by atoms with van der Waals surface area (Å²) in [6.45, 7) is 1.73. The highest BCUT2D eigenvalue weighted by Crippen LogP contribution is 2.23. The van der Waals surface area contributed by atoms with Crippen LogP contribution in [0.2, 0.25) is 0 Å². The molecule has 0 aliphatic heterocycles. The first-order valence-electron chi connectivity index (χ1n) is 5.71. The second-order valence-electron chi connectivity index (χ2n) is 4.42. The van der Waals surface area contributed by atoms with E-state index in [1.165, 1.54) is 6.92 Å². The summed E-state index contributed by atoms with van der Waals surface area (Å²) in [5.41, 5.74) is 0. The molecule has 3 unspecified atom stereocenters. The Morgan fingerprint density at radius 1 is 1.38 bits per heavy atom. The third-order valence-corrected chi connectivity index (χ3v) is 3.17. The van der Waals surface area contributed by atoms with Crippen molar-refractivity contribution in [2.75, 3.05) is 6.54 Å². The van der Waals surface area contributed by atoms with Crippen LogP contribution in [0.1, 0.15) is 32.6 Å². The van der Waals surface area contributed by atoms with E-state index in [0.29, 0.717) is 6.54 Å². The Kier molecular flexibility index (Phi) is 4.73. The van der Waals surface area contributed by atoms with Crippen LogP contribution in [-0.4, -0.2) is 34.7 Å². The minimum atomic E-state index is -1.12. The van der Waals surface area contributed by atoms with Crippen molar-refractivity contribution in [3.8, 4) is 0 Å². The van der Waals surface area contributed by atoms with Crippen molar-refractivity contribution >= 4 is 11.9 Å². The number of rotatable bonds is 4. The van der Waals surface area contributed by atoms with E-state index in [1.807, 2.05) is 0 Å². The molecule has 0 heterocycles. The van der Waals surface area contributed by atoms with Crippen molar-refractivity contribution in [1.82, 2.24) is 5.32 Å². The van der Waals surface area contributed by atoms with Gasteiger partial charge in [0.25, 0.3) is 0 Å². The number of aliphatic hydroxyl groups is 1. The van der Waals surface area contributed by atoms with Crippen LogP contribution in [-0.2, 0) is 9.59 Å². The zero-order valence-corrected chi connectivity index (χ0v) is 9.48. The van der Waals surface area contributed by atoms with Crippen molar-refractivity contribution in [3.63, 3.8) is 0 Å². The van der Waals surface area contributed by atoms with Crippen molar-refractivity contribution in [2.45, 2.75) is 38.7 Å². The Labute approximate surface area is 94.8 Å². The highest BCUT2D eigenvalue weighted by Gasteiger charge is 2.25. The van der Waals surface area contributed by atoms with E-state index in [4.69, 9.17) is 5.11 Å². The van der Waals surface area contributed by atoms with E-state index in [-0.39, 0.29) is 12.0 Å². The van der Waals surface area contributed by atoms with E-state index in [0.717, 1.165) is 25.7 Å². The summed E-state index contributed by atoms with van der Waals surface area (Å²) in [5, 5.41) is 20.9. The Bertz CT molecular complexity index is 267. The van der Waals surface area contributed by atoms with Gasteiger partial charge in [-0.15, -0.1) is 0 Å². The third kappa shape index (κ3) is 3.48. The van der Waals surface area contributed by atoms with Crippen molar-refractivity contribution in [2.24, 2.45) is 11.8 Å². The standard InChI is InChI=1S/C11H19NO4/c1-7(11(15)16)10(14)12-6-8-4-2-3-5-9(8)13/h7-9,13H,2-6H2,1H3,(H,12,14)(H,15,16). The van der Waals surface area contributed by atoms with Gasteiger partial charge in [-0.1, -0.05) is 12.8 Å². The molecule has 3 atom stereocenters. The van der Waals surface area contributed by atoms with E-state index >= 15 is 0 Å². The van der Waals surface area contributed by atoms with Crippen LogP contribution in [0.25, 0.3) is 0 Å². The molecule has 5 heteroatoms. The quantitative estimate of drug-likeness (QED) is 0.608. The summed E-state index contributed by atoms with van der Waals surface area (Å²) < 4.78 is 0. The van der Waals surface area contributed by atoms with Gasteiger partial charge in [-0.25, -0.2) is 0 Å². The Balaban J connectivity index is 2.33. The number of aliphatic carboxylic acids is 1. The molecule has 1 aliphatic rings. The maximum absolute atomic E-state index is 11.4. The highest BCUT2D eigenvalue weighted by atomic mass is 16.4. The summed E-state index contributed by atoms with van der Waals surface area (Å²) >= 11 is 0. The fourth-order valence-electron chi connectivity index (χ4n) is 1.92. The Morgan fingerprint density at radius 2 is 2.00 bits per heavy atom. The molecule has 16 heavy (non-hydrogen) atoms. The van der Waals surface area contributed by atoms with Crippen LogP contribution in [0.15, 0.2) is 0 Å². The minimum absolute atomic E-state index is 0.0682. The number of carbonyl (C=O) groups excluding carboxylic acids is 1. The second-order valence-corrected chi connectivity index (χ2v) is 4.42. The van der Waals surface area contributed by atoms with Crippen LogP contribution in [0, 0.1) is 11.8 Å². The number of nitrogens with one attached hydrogen (secondary N) is 1. The lowest BCUT2D eigenvalue weighted by Gasteiger charge is -2.27. The maximum Gasteiger partial charge on any atom is 0.315 e. The molecule has 1 aliphatic carbocycles. The average Bonchev–Trinajstić information content (AvgIpc) is 2.26. The summed E-state index contributed by atoms with van der Waals surface area (Å²) in [5.74, 6) is -2.56. The topological polar surface area (TPSA) is 86.6 Å². The van der Waals surface area contributed by atoms with Gasteiger partial charge in [0, 0.05) is 12.5 Å². The maximum atomic E-state index is 11.4. The molecule has 0 spiro atoms. The summed E-state index contributed by atoms with van der Waals surface area (Å²) in [4.78, 5) is 21.9. The Morgan fingerprint density at radius 3 is 2.56 bits per heavy atom. The van der Waals surface area contributed by atoms with Crippen LogP contribution in [0.4, 0.5) is 0 Å². The first kappa shape index (κ1) is 13.0. The first-order valence-corrected chi connectivity index (χ1v) is 5.71. The predicted molar refractivity (Wildman–Crippen MR) is 57.8 cm³/mol. The molecule has 1 saturated carbocycles. The van der Waals surface area contributed by atoms with Crippen LogP contribution < -0.4 is 5.32 Å².